The van der Waals surface area contributed by atoms with Gasteiger partial charge in [0.15, 0.2) is 5.78 Å². The van der Waals surface area contributed by atoms with Gasteiger partial charge in [-0.05, 0) is 30.7 Å². The summed E-state index contributed by atoms with van der Waals surface area (Å²) >= 11 is 0. The average Bonchev–Trinajstić information content (AvgIpc) is 3.17. The predicted molar refractivity (Wildman–Crippen MR) is 134 cm³/mol. The summed E-state index contributed by atoms with van der Waals surface area (Å²) in [5, 5.41) is 6.27. The average molecular weight is 452 g/mol. The Hall–Kier alpha value is -4.19. The van der Waals surface area contributed by atoms with Crippen molar-refractivity contribution < 1.29 is 14.4 Å². The first-order valence-electron chi connectivity index (χ1n) is 11.1. The van der Waals surface area contributed by atoms with Crippen LogP contribution >= 0.6 is 0 Å². The summed E-state index contributed by atoms with van der Waals surface area (Å²) in [5.41, 5.74) is 5.93. The lowest BCUT2D eigenvalue weighted by Gasteiger charge is -2.24. The molecule has 0 saturated carbocycles. The molecule has 170 valence electrons. The minimum atomic E-state index is -0.534. The third-order valence-electron chi connectivity index (χ3n) is 6.41. The summed E-state index contributed by atoms with van der Waals surface area (Å²) in [6.45, 7) is 6.55. The highest BCUT2D eigenvalue weighted by atomic mass is 16.7. The van der Waals surface area contributed by atoms with Crippen LogP contribution < -0.4 is 0 Å². The Bertz CT molecular complexity index is 1510. The molecule has 1 aromatic heterocycles. The number of benzene rings is 3. The first-order valence-corrected chi connectivity index (χ1v) is 11.1. The topological polar surface area (TPSA) is 63.9 Å². The molecule has 0 fully saturated rings. The summed E-state index contributed by atoms with van der Waals surface area (Å²) in [5.74, 6) is -0.120. The van der Waals surface area contributed by atoms with Crippen molar-refractivity contribution in [2.24, 2.45) is 11.1 Å². The monoisotopic (exact) mass is 451 g/mol. The van der Waals surface area contributed by atoms with Crippen molar-refractivity contribution in [3.8, 4) is 0 Å². The summed E-state index contributed by atoms with van der Waals surface area (Å²) < 4.78 is 2.24. The molecule has 0 bridgehead atoms. The fourth-order valence-electron chi connectivity index (χ4n) is 4.64. The van der Waals surface area contributed by atoms with E-state index in [2.05, 4.69) is 22.4 Å². The lowest BCUT2D eigenvalue weighted by molar-refractivity contribution is 0.103. The SMILES string of the molecule is C=CC1Cn2c3ccc(C(=O)c4ccccc4C)cc3c3cccc(c32)/C1=N/OC(=O)N(C)C. The number of carbonyl (C=O) groups excluding carboxylic acids is 2. The molecule has 0 radical (unpaired) electrons. The number of oxime groups is 1. The maximum absolute atomic E-state index is 13.3. The van der Waals surface area contributed by atoms with Gasteiger partial charge in [-0.15, -0.1) is 6.58 Å². The Morgan fingerprint density at radius 2 is 1.88 bits per heavy atom. The molecule has 1 aliphatic heterocycles. The zero-order valence-electron chi connectivity index (χ0n) is 19.4. The number of rotatable bonds is 4. The Balaban J connectivity index is 1.68. The van der Waals surface area contributed by atoms with Gasteiger partial charge < -0.3 is 9.47 Å². The van der Waals surface area contributed by atoms with Crippen molar-refractivity contribution in [3.63, 3.8) is 0 Å². The predicted octanol–water partition coefficient (Wildman–Crippen LogP) is 5.55. The molecule has 3 aromatic carbocycles. The largest absolute Gasteiger partial charge is 0.435 e. The standard InChI is InChI=1S/C28H25N3O3/c1-5-18-16-31-24-14-13-19(27(32)20-10-7-6-9-17(20)2)15-23(24)21-11-8-12-22(26(21)31)25(18)29-34-28(33)30(3)4/h5-15,18H,1,16H2,2-4H3/b29-25+. The van der Waals surface area contributed by atoms with E-state index in [1.54, 1.807) is 14.1 Å². The van der Waals surface area contributed by atoms with Gasteiger partial charge in [0.2, 0.25) is 0 Å². The molecule has 5 rings (SSSR count). The van der Waals surface area contributed by atoms with Crippen LogP contribution in [0.2, 0.25) is 0 Å². The molecule has 1 atom stereocenters. The molecular weight excluding hydrogens is 426 g/mol. The number of hydrogen-bond donors (Lipinski definition) is 0. The van der Waals surface area contributed by atoms with Crippen LogP contribution in [0.5, 0.6) is 0 Å². The van der Waals surface area contributed by atoms with Gasteiger partial charge >= 0.3 is 6.09 Å². The van der Waals surface area contributed by atoms with Crippen molar-refractivity contribution in [2.75, 3.05) is 14.1 Å². The highest BCUT2D eigenvalue weighted by Crippen LogP contribution is 2.37. The normalized spacial score (nSPS) is 16.1. The molecule has 0 aliphatic carbocycles. The number of hydrogen-bond acceptors (Lipinski definition) is 4. The number of allylic oxidation sites excluding steroid dienone is 1. The molecule has 2 heterocycles. The number of aryl methyl sites for hydroxylation is 1. The number of carbonyl (C=O) groups is 2. The van der Waals surface area contributed by atoms with Crippen LogP contribution in [0.4, 0.5) is 4.79 Å². The van der Waals surface area contributed by atoms with Gasteiger partial charge in [-0.1, -0.05) is 53.7 Å². The molecule has 4 aromatic rings. The number of amides is 1. The number of nitrogens with zero attached hydrogens (tertiary/aromatic N) is 3. The molecular formula is C28H25N3O3. The van der Waals surface area contributed by atoms with Gasteiger partial charge in [-0.25, -0.2) is 4.79 Å². The minimum absolute atomic E-state index is 0.00810. The van der Waals surface area contributed by atoms with Gasteiger partial charge in [-0.3, -0.25) is 9.63 Å². The molecule has 0 N–H and O–H groups in total. The van der Waals surface area contributed by atoms with Crippen LogP contribution in [0, 0.1) is 12.8 Å². The molecule has 34 heavy (non-hydrogen) atoms. The molecule has 1 aliphatic rings. The summed E-state index contributed by atoms with van der Waals surface area (Å²) in [6, 6.07) is 19.5. The second-order valence-corrected chi connectivity index (χ2v) is 8.76. The Morgan fingerprint density at radius 3 is 2.62 bits per heavy atom. The van der Waals surface area contributed by atoms with E-state index in [-0.39, 0.29) is 11.7 Å². The van der Waals surface area contributed by atoms with E-state index in [4.69, 9.17) is 4.84 Å². The summed E-state index contributed by atoms with van der Waals surface area (Å²) in [4.78, 5) is 31.8. The third-order valence-corrected chi connectivity index (χ3v) is 6.41. The maximum Gasteiger partial charge on any atom is 0.435 e. The van der Waals surface area contributed by atoms with E-state index in [1.165, 1.54) is 4.90 Å². The molecule has 0 spiro atoms. The van der Waals surface area contributed by atoms with E-state index >= 15 is 0 Å². The first-order chi connectivity index (χ1) is 16.4. The van der Waals surface area contributed by atoms with Gasteiger partial charge in [-0.2, -0.15) is 0 Å². The van der Waals surface area contributed by atoms with Gasteiger partial charge in [0.25, 0.3) is 0 Å². The van der Waals surface area contributed by atoms with Crippen LogP contribution in [-0.4, -0.2) is 41.2 Å². The van der Waals surface area contributed by atoms with Crippen molar-refractivity contribution in [3.05, 3.63) is 95.6 Å². The van der Waals surface area contributed by atoms with E-state index in [0.717, 1.165) is 32.9 Å². The molecule has 6 heteroatoms. The lowest BCUT2D eigenvalue weighted by atomic mass is 9.92. The van der Waals surface area contributed by atoms with Crippen LogP contribution in [-0.2, 0) is 11.4 Å². The fraction of sp³-hybridized carbons (Fsp3) is 0.179. The molecule has 6 nitrogen and oxygen atoms in total. The van der Waals surface area contributed by atoms with Gasteiger partial charge in [0.05, 0.1) is 11.2 Å². The van der Waals surface area contributed by atoms with Gasteiger partial charge in [0, 0.05) is 59.5 Å². The molecule has 1 unspecified atom stereocenters. The van der Waals surface area contributed by atoms with Crippen molar-refractivity contribution in [2.45, 2.75) is 13.5 Å². The van der Waals surface area contributed by atoms with E-state index in [1.807, 2.05) is 67.6 Å². The second kappa shape index (κ2) is 8.30. The molecule has 0 saturated heterocycles. The van der Waals surface area contributed by atoms with Gasteiger partial charge in [0.1, 0.15) is 0 Å². The van der Waals surface area contributed by atoms with Crippen molar-refractivity contribution in [1.29, 1.82) is 0 Å². The Labute approximate surface area is 197 Å². The quantitative estimate of drug-likeness (QED) is 0.177. The first kappa shape index (κ1) is 21.6. The number of para-hydroxylation sites is 1. The smallest absolute Gasteiger partial charge is 0.339 e. The summed E-state index contributed by atoms with van der Waals surface area (Å²) in [6.07, 6.45) is 1.29. The van der Waals surface area contributed by atoms with Crippen LogP contribution in [0.3, 0.4) is 0 Å². The maximum atomic E-state index is 13.3. The zero-order chi connectivity index (χ0) is 24.0. The van der Waals surface area contributed by atoms with Crippen molar-refractivity contribution in [1.82, 2.24) is 9.47 Å². The Morgan fingerprint density at radius 1 is 1.09 bits per heavy atom. The van der Waals surface area contributed by atoms with E-state index in [9.17, 15) is 9.59 Å². The second-order valence-electron chi connectivity index (χ2n) is 8.76. The number of aromatic nitrogens is 1. The Kier molecular flexibility index (Phi) is 5.28. The van der Waals surface area contributed by atoms with Crippen molar-refractivity contribution >= 4 is 39.4 Å². The van der Waals surface area contributed by atoms with Crippen LogP contribution in [0.25, 0.3) is 21.8 Å². The third kappa shape index (κ3) is 3.39. The molecule has 1 amide bonds. The fourth-order valence-corrected chi connectivity index (χ4v) is 4.64. The van der Waals surface area contributed by atoms with Crippen LogP contribution in [0.15, 0.2) is 78.5 Å². The number of ketones is 1. The van der Waals surface area contributed by atoms with E-state index < -0.39 is 6.09 Å². The highest BCUT2D eigenvalue weighted by molar-refractivity contribution is 6.21. The zero-order valence-corrected chi connectivity index (χ0v) is 19.4. The van der Waals surface area contributed by atoms with Crippen LogP contribution in [0.1, 0.15) is 27.0 Å². The highest BCUT2D eigenvalue weighted by Gasteiger charge is 2.29. The minimum Gasteiger partial charge on any atom is -0.339 e. The summed E-state index contributed by atoms with van der Waals surface area (Å²) in [7, 11) is 3.23. The number of fused-ring (bicyclic) bond motifs is 3. The lowest BCUT2D eigenvalue weighted by Crippen LogP contribution is -2.27. The van der Waals surface area contributed by atoms with E-state index in [0.29, 0.717) is 23.4 Å².